The van der Waals surface area contributed by atoms with Crippen LogP contribution in [0.25, 0.3) is 11.1 Å². The van der Waals surface area contributed by atoms with Crippen molar-refractivity contribution >= 4 is 17.5 Å². The molecule has 1 amide bonds. The molecule has 0 bridgehead atoms. The molecule has 128 valence electrons. The van der Waals surface area contributed by atoms with E-state index in [0.717, 1.165) is 29.5 Å². The molecule has 1 unspecified atom stereocenters. The molecular weight excluding hydrogens is 318 g/mol. The molecule has 0 aliphatic heterocycles. The molecule has 0 saturated heterocycles. The number of halogens is 1. The molecule has 0 spiro atoms. The maximum atomic E-state index is 11.9. The fourth-order valence-electron chi connectivity index (χ4n) is 3.14. The number of benzene rings is 2. The van der Waals surface area contributed by atoms with Gasteiger partial charge < -0.3 is 5.73 Å². The molecule has 0 saturated carbocycles. The van der Waals surface area contributed by atoms with Gasteiger partial charge in [0.15, 0.2) is 0 Å². The number of amides is 1. The number of rotatable bonds is 6. The summed E-state index contributed by atoms with van der Waals surface area (Å²) in [6.45, 7) is 8.87. The summed E-state index contributed by atoms with van der Waals surface area (Å²) in [4.78, 5) is 11.9. The number of nitrogens with two attached hydrogens (primary N) is 1. The van der Waals surface area contributed by atoms with Crippen LogP contribution in [0.4, 0.5) is 0 Å². The van der Waals surface area contributed by atoms with Gasteiger partial charge in [-0.2, -0.15) is 0 Å². The normalized spacial score (nSPS) is 12.9. The molecule has 0 aliphatic carbocycles. The number of hydrogen-bond acceptors (Lipinski definition) is 1. The summed E-state index contributed by atoms with van der Waals surface area (Å²) in [5.74, 6) is -0.137. The lowest BCUT2D eigenvalue weighted by atomic mass is 9.77. The van der Waals surface area contributed by atoms with Crippen LogP contribution < -0.4 is 5.73 Å². The SMILES string of the molecule is CCC(C)(C)CC(C)c1cc(-c2ccccc2Cl)ccc1C(N)=O. The molecule has 0 aromatic heterocycles. The summed E-state index contributed by atoms with van der Waals surface area (Å²) >= 11 is 6.33. The molecule has 24 heavy (non-hydrogen) atoms. The Balaban J connectivity index is 2.50. The highest BCUT2D eigenvalue weighted by Crippen LogP contribution is 2.37. The summed E-state index contributed by atoms with van der Waals surface area (Å²) in [6.07, 6.45) is 2.09. The Hall–Kier alpha value is -1.80. The zero-order valence-corrected chi connectivity index (χ0v) is 15.7. The minimum atomic E-state index is -0.378. The van der Waals surface area contributed by atoms with Gasteiger partial charge in [0.1, 0.15) is 0 Å². The van der Waals surface area contributed by atoms with Crippen LogP contribution in [0, 0.1) is 5.41 Å². The van der Waals surface area contributed by atoms with E-state index >= 15 is 0 Å². The van der Waals surface area contributed by atoms with Gasteiger partial charge >= 0.3 is 0 Å². The summed E-state index contributed by atoms with van der Waals surface area (Å²) in [6, 6.07) is 13.6. The van der Waals surface area contributed by atoms with Crippen LogP contribution in [0.1, 0.15) is 62.4 Å². The van der Waals surface area contributed by atoms with Crippen LogP contribution in [-0.4, -0.2) is 5.91 Å². The van der Waals surface area contributed by atoms with Crippen molar-refractivity contribution in [2.75, 3.05) is 0 Å². The molecule has 0 aliphatic rings. The Morgan fingerprint density at radius 3 is 2.46 bits per heavy atom. The number of hydrogen-bond donors (Lipinski definition) is 1. The van der Waals surface area contributed by atoms with Crippen molar-refractivity contribution in [3.05, 3.63) is 58.6 Å². The second-order valence-corrected chi connectivity index (χ2v) is 7.68. The molecule has 0 fully saturated rings. The van der Waals surface area contributed by atoms with Gasteiger partial charge in [-0.15, -0.1) is 0 Å². The van der Waals surface area contributed by atoms with Crippen molar-refractivity contribution in [2.45, 2.75) is 46.5 Å². The van der Waals surface area contributed by atoms with Crippen LogP contribution >= 0.6 is 11.6 Å². The Morgan fingerprint density at radius 2 is 1.88 bits per heavy atom. The van der Waals surface area contributed by atoms with Crippen molar-refractivity contribution in [2.24, 2.45) is 11.1 Å². The van der Waals surface area contributed by atoms with Crippen LogP contribution in [0.3, 0.4) is 0 Å². The summed E-state index contributed by atoms with van der Waals surface area (Å²) in [7, 11) is 0. The maximum Gasteiger partial charge on any atom is 0.248 e. The molecule has 0 radical (unpaired) electrons. The van der Waals surface area contributed by atoms with Gasteiger partial charge in [-0.05, 0) is 41.0 Å². The third-order valence-electron chi connectivity index (χ3n) is 4.85. The van der Waals surface area contributed by atoms with Crippen molar-refractivity contribution in [1.29, 1.82) is 0 Å². The molecule has 1 atom stereocenters. The lowest BCUT2D eigenvalue weighted by molar-refractivity contribution is 0.0998. The average molecular weight is 344 g/mol. The largest absolute Gasteiger partial charge is 0.366 e. The van der Waals surface area contributed by atoms with Crippen molar-refractivity contribution < 1.29 is 4.79 Å². The molecular formula is C21H26ClNO. The van der Waals surface area contributed by atoms with Gasteiger partial charge in [-0.1, -0.05) is 76.0 Å². The Morgan fingerprint density at radius 1 is 1.21 bits per heavy atom. The second kappa shape index (κ2) is 7.40. The number of carbonyl (C=O) groups is 1. The number of primary amides is 1. The predicted octanol–water partition coefficient (Wildman–Crippen LogP) is 6.04. The predicted molar refractivity (Wildman–Crippen MR) is 103 cm³/mol. The van der Waals surface area contributed by atoms with Crippen LogP contribution in [-0.2, 0) is 0 Å². The van der Waals surface area contributed by atoms with Gasteiger partial charge in [-0.3, -0.25) is 4.79 Å². The molecule has 2 aromatic rings. The lowest BCUT2D eigenvalue weighted by Gasteiger charge is -2.28. The first-order chi connectivity index (χ1) is 11.2. The molecule has 2 aromatic carbocycles. The first-order valence-corrected chi connectivity index (χ1v) is 8.81. The zero-order valence-electron chi connectivity index (χ0n) is 14.9. The summed E-state index contributed by atoms with van der Waals surface area (Å²) < 4.78 is 0. The lowest BCUT2D eigenvalue weighted by Crippen LogP contribution is -2.18. The third-order valence-corrected chi connectivity index (χ3v) is 5.18. The average Bonchev–Trinajstić information content (AvgIpc) is 2.54. The van der Waals surface area contributed by atoms with E-state index in [0.29, 0.717) is 10.6 Å². The molecule has 0 heterocycles. The third kappa shape index (κ3) is 4.18. The Kier molecular flexibility index (Phi) is 5.71. The molecule has 3 heteroatoms. The van der Waals surface area contributed by atoms with E-state index in [-0.39, 0.29) is 17.2 Å². The van der Waals surface area contributed by atoms with Gasteiger partial charge in [0.2, 0.25) is 5.91 Å². The van der Waals surface area contributed by atoms with E-state index in [1.807, 2.05) is 36.4 Å². The van der Waals surface area contributed by atoms with E-state index < -0.39 is 0 Å². The monoisotopic (exact) mass is 343 g/mol. The Labute approximate surface area is 150 Å². The molecule has 2 nitrogen and oxygen atoms in total. The fraction of sp³-hybridized carbons (Fsp3) is 0.381. The van der Waals surface area contributed by atoms with E-state index in [4.69, 9.17) is 17.3 Å². The highest BCUT2D eigenvalue weighted by molar-refractivity contribution is 6.33. The van der Waals surface area contributed by atoms with Gasteiger partial charge in [-0.25, -0.2) is 0 Å². The summed E-state index contributed by atoms with van der Waals surface area (Å²) in [5.41, 5.74) is 9.41. The summed E-state index contributed by atoms with van der Waals surface area (Å²) in [5, 5.41) is 0.705. The minimum absolute atomic E-state index is 0.217. The standard InChI is InChI=1S/C21H26ClNO/c1-5-21(3,4)13-14(2)18-12-15(10-11-17(18)20(23)24)16-8-6-7-9-19(16)22/h6-12,14H,5,13H2,1-4H3,(H2,23,24). The molecule has 2 N–H and O–H groups in total. The van der Waals surface area contributed by atoms with E-state index in [1.54, 1.807) is 0 Å². The van der Waals surface area contributed by atoms with Crippen LogP contribution in [0.5, 0.6) is 0 Å². The molecule has 2 rings (SSSR count). The van der Waals surface area contributed by atoms with Gasteiger partial charge in [0.05, 0.1) is 0 Å². The highest BCUT2D eigenvalue weighted by Gasteiger charge is 2.23. The van der Waals surface area contributed by atoms with Crippen molar-refractivity contribution in [1.82, 2.24) is 0 Å². The van der Waals surface area contributed by atoms with Crippen molar-refractivity contribution in [3.8, 4) is 11.1 Å². The topological polar surface area (TPSA) is 43.1 Å². The van der Waals surface area contributed by atoms with Crippen LogP contribution in [0.15, 0.2) is 42.5 Å². The van der Waals surface area contributed by atoms with E-state index in [2.05, 4.69) is 33.8 Å². The smallest absolute Gasteiger partial charge is 0.248 e. The second-order valence-electron chi connectivity index (χ2n) is 7.27. The number of carbonyl (C=O) groups excluding carboxylic acids is 1. The highest BCUT2D eigenvalue weighted by atomic mass is 35.5. The zero-order chi connectivity index (χ0) is 17.9. The first kappa shape index (κ1) is 18.5. The van der Waals surface area contributed by atoms with Gasteiger partial charge in [0, 0.05) is 16.1 Å². The van der Waals surface area contributed by atoms with Crippen molar-refractivity contribution in [3.63, 3.8) is 0 Å². The first-order valence-electron chi connectivity index (χ1n) is 8.44. The maximum absolute atomic E-state index is 11.9. The Bertz CT molecular complexity index is 736. The van der Waals surface area contributed by atoms with Gasteiger partial charge in [0.25, 0.3) is 0 Å². The quantitative estimate of drug-likeness (QED) is 0.683. The fourth-order valence-corrected chi connectivity index (χ4v) is 3.39. The minimum Gasteiger partial charge on any atom is -0.366 e. The van der Waals surface area contributed by atoms with Crippen LogP contribution in [0.2, 0.25) is 5.02 Å². The van der Waals surface area contributed by atoms with E-state index in [9.17, 15) is 4.79 Å². The van der Waals surface area contributed by atoms with E-state index in [1.165, 1.54) is 0 Å².